The van der Waals surface area contributed by atoms with Crippen LogP contribution in [0.4, 0.5) is 0 Å². The van der Waals surface area contributed by atoms with E-state index in [0.29, 0.717) is 25.4 Å². The summed E-state index contributed by atoms with van der Waals surface area (Å²) in [5.41, 5.74) is 0.994. The highest BCUT2D eigenvalue weighted by molar-refractivity contribution is 5.85. The number of amides is 2. The quantitative estimate of drug-likeness (QED) is 0.769. The first-order valence-electron chi connectivity index (χ1n) is 10.1. The summed E-state index contributed by atoms with van der Waals surface area (Å²) >= 11 is 0. The zero-order chi connectivity index (χ0) is 19.1. The minimum atomic E-state index is -0.0854. The third-order valence-electron chi connectivity index (χ3n) is 5.75. The van der Waals surface area contributed by atoms with Gasteiger partial charge in [-0.25, -0.2) is 0 Å². The highest BCUT2D eigenvalue weighted by atomic mass is 16.5. The lowest BCUT2D eigenvalue weighted by atomic mass is 10.0. The Bertz CT molecular complexity index is 643. The fourth-order valence-corrected chi connectivity index (χ4v) is 4.22. The van der Waals surface area contributed by atoms with E-state index in [1.54, 1.807) is 7.11 Å². The van der Waals surface area contributed by atoms with Crippen molar-refractivity contribution in [3.05, 3.63) is 29.8 Å². The Morgan fingerprint density at radius 2 is 2.04 bits per heavy atom. The zero-order valence-corrected chi connectivity index (χ0v) is 16.2. The van der Waals surface area contributed by atoms with Crippen molar-refractivity contribution < 1.29 is 14.3 Å². The molecule has 148 valence electrons. The van der Waals surface area contributed by atoms with Gasteiger partial charge in [0.15, 0.2) is 0 Å². The molecule has 1 saturated carbocycles. The molecule has 1 heterocycles. The molecule has 6 nitrogen and oxygen atoms in total. The second kappa shape index (κ2) is 9.74. The Morgan fingerprint density at radius 3 is 2.81 bits per heavy atom. The normalized spacial score (nSPS) is 20.5. The number of methoxy groups -OCH3 is 1. The number of rotatable bonds is 7. The van der Waals surface area contributed by atoms with E-state index in [9.17, 15) is 9.59 Å². The van der Waals surface area contributed by atoms with E-state index in [1.807, 2.05) is 29.2 Å². The number of ether oxygens (including phenoxy) is 1. The predicted molar refractivity (Wildman–Crippen MR) is 105 cm³/mol. The van der Waals surface area contributed by atoms with E-state index in [2.05, 4.69) is 10.6 Å². The van der Waals surface area contributed by atoms with E-state index >= 15 is 0 Å². The minimum absolute atomic E-state index is 0.0146. The summed E-state index contributed by atoms with van der Waals surface area (Å²) in [5.74, 6) is 1.42. The molecule has 1 aromatic rings. The van der Waals surface area contributed by atoms with Gasteiger partial charge in [-0.2, -0.15) is 0 Å². The number of para-hydroxylation sites is 1. The fraction of sp³-hybridized carbons (Fsp3) is 0.619. The topological polar surface area (TPSA) is 70.7 Å². The van der Waals surface area contributed by atoms with Gasteiger partial charge < -0.3 is 20.3 Å². The lowest BCUT2D eigenvalue weighted by Crippen LogP contribution is -2.51. The zero-order valence-electron chi connectivity index (χ0n) is 16.2. The lowest BCUT2D eigenvalue weighted by Gasteiger charge is -2.37. The van der Waals surface area contributed by atoms with Gasteiger partial charge in [0.1, 0.15) is 5.75 Å². The summed E-state index contributed by atoms with van der Waals surface area (Å²) in [4.78, 5) is 26.8. The van der Waals surface area contributed by atoms with Crippen LogP contribution in [0.5, 0.6) is 5.75 Å². The Balaban J connectivity index is 1.54. The van der Waals surface area contributed by atoms with Crippen LogP contribution in [0.2, 0.25) is 0 Å². The fourth-order valence-electron chi connectivity index (χ4n) is 4.22. The van der Waals surface area contributed by atoms with Crippen molar-refractivity contribution in [2.75, 3.05) is 33.3 Å². The smallest absolute Gasteiger partial charge is 0.242 e. The number of piperazine rings is 1. The number of hydrogen-bond acceptors (Lipinski definition) is 4. The highest BCUT2D eigenvalue weighted by Gasteiger charge is 2.29. The molecule has 1 unspecified atom stereocenters. The van der Waals surface area contributed by atoms with Crippen molar-refractivity contribution in [1.29, 1.82) is 0 Å². The van der Waals surface area contributed by atoms with Gasteiger partial charge in [0.2, 0.25) is 11.8 Å². The Labute approximate surface area is 161 Å². The predicted octanol–water partition coefficient (Wildman–Crippen LogP) is 2.25. The number of benzene rings is 1. The van der Waals surface area contributed by atoms with Crippen LogP contribution in [0, 0.1) is 5.92 Å². The van der Waals surface area contributed by atoms with Crippen LogP contribution < -0.4 is 15.4 Å². The molecule has 6 heteroatoms. The van der Waals surface area contributed by atoms with Gasteiger partial charge in [0, 0.05) is 31.6 Å². The number of nitrogens with one attached hydrogen (secondary N) is 2. The largest absolute Gasteiger partial charge is 0.496 e. The molecule has 0 aromatic heterocycles. The Hall–Kier alpha value is -2.08. The third-order valence-corrected chi connectivity index (χ3v) is 5.75. The SMILES string of the molecule is COc1ccccc1C1CNCCN1C(=O)CNC(=O)CCC1CCCC1. The van der Waals surface area contributed by atoms with Gasteiger partial charge in [0.05, 0.1) is 19.7 Å². The average Bonchev–Trinajstić information content (AvgIpc) is 3.24. The average molecular weight is 373 g/mol. The van der Waals surface area contributed by atoms with Gasteiger partial charge in [0.25, 0.3) is 0 Å². The molecule has 2 aliphatic rings. The Kier molecular flexibility index (Phi) is 7.10. The number of nitrogens with zero attached hydrogens (tertiary/aromatic N) is 1. The second-order valence-electron chi connectivity index (χ2n) is 7.51. The van der Waals surface area contributed by atoms with Crippen molar-refractivity contribution in [3.8, 4) is 5.75 Å². The third kappa shape index (κ3) is 5.22. The van der Waals surface area contributed by atoms with E-state index in [0.717, 1.165) is 24.3 Å². The van der Waals surface area contributed by atoms with Crippen LogP contribution in [0.1, 0.15) is 50.1 Å². The van der Waals surface area contributed by atoms with Crippen LogP contribution in [-0.2, 0) is 9.59 Å². The van der Waals surface area contributed by atoms with Crippen LogP contribution in [0.25, 0.3) is 0 Å². The first-order chi connectivity index (χ1) is 13.2. The molecule has 1 aliphatic heterocycles. The van der Waals surface area contributed by atoms with Gasteiger partial charge in [-0.1, -0.05) is 43.9 Å². The maximum atomic E-state index is 12.8. The molecule has 1 atom stereocenters. The van der Waals surface area contributed by atoms with Crippen molar-refractivity contribution in [1.82, 2.24) is 15.5 Å². The summed E-state index contributed by atoms with van der Waals surface area (Å²) < 4.78 is 5.47. The van der Waals surface area contributed by atoms with Crippen LogP contribution in [0.15, 0.2) is 24.3 Å². The maximum Gasteiger partial charge on any atom is 0.242 e. The summed E-state index contributed by atoms with van der Waals surface area (Å²) in [6.07, 6.45) is 6.53. The molecule has 0 spiro atoms. The van der Waals surface area contributed by atoms with Crippen LogP contribution >= 0.6 is 0 Å². The monoisotopic (exact) mass is 373 g/mol. The molecule has 0 radical (unpaired) electrons. The minimum Gasteiger partial charge on any atom is -0.496 e. The molecule has 2 fully saturated rings. The molecule has 1 aromatic carbocycles. The summed E-state index contributed by atoms with van der Waals surface area (Å²) in [5, 5.41) is 6.17. The first kappa shape index (κ1) is 19.7. The lowest BCUT2D eigenvalue weighted by molar-refractivity contribution is -0.135. The maximum absolute atomic E-state index is 12.8. The Morgan fingerprint density at radius 1 is 1.26 bits per heavy atom. The van der Waals surface area contributed by atoms with E-state index < -0.39 is 0 Å². The summed E-state index contributed by atoms with van der Waals surface area (Å²) in [6.45, 7) is 2.13. The van der Waals surface area contributed by atoms with Gasteiger partial charge in [-0.05, 0) is 18.4 Å². The molecule has 1 saturated heterocycles. The van der Waals surface area contributed by atoms with E-state index in [-0.39, 0.29) is 24.4 Å². The molecule has 3 rings (SSSR count). The molecular weight excluding hydrogens is 342 g/mol. The molecular formula is C21H31N3O3. The number of carbonyl (C=O) groups is 2. The van der Waals surface area contributed by atoms with Crippen LogP contribution in [-0.4, -0.2) is 50.0 Å². The van der Waals surface area contributed by atoms with E-state index in [1.165, 1.54) is 25.7 Å². The highest BCUT2D eigenvalue weighted by Crippen LogP contribution is 2.30. The van der Waals surface area contributed by atoms with Crippen molar-refractivity contribution in [2.45, 2.75) is 44.6 Å². The summed E-state index contributed by atoms with van der Waals surface area (Å²) in [6, 6.07) is 7.71. The molecule has 2 amide bonds. The second-order valence-corrected chi connectivity index (χ2v) is 7.51. The standard InChI is InChI=1S/C21H31N3O3/c1-27-19-9-5-4-8-17(19)18-14-22-12-13-24(18)21(26)15-23-20(25)11-10-16-6-2-3-7-16/h4-5,8-9,16,18,22H,2-3,6-7,10-15H2,1H3,(H,23,25). The molecule has 0 bridgehead atoms. The van der Waals surface area contributed by atoms with Crippen molar-refractivity contribution >= 4 is 11.8 Å². The first-order valence-corrected chi connectivity index (χ1v) is 10.1. The summed E-state index contributed by atoms with van der Waals surface area (Å²) in [7, 11) is 1.64. The van der Waals surface area contributed by atoms with Crippen molar-refractivity contribution in [2.24, 2.45) is 5.92 Å². The van der Waals surface area contributed by atoms with Crippen molar-refractivity contribution in [3.63, 3.8) is 0 Å². The van der Waals surface area contributed by atoms with E-state index in [4.69, 9.17) is 4.74 Å². The molecule has 1 aliphatic carbocycles. The molecule has 2 N–H and O–H groups in total. The number of hydrogen-bond donors (Lipinski definition) is 2. The van der Waals surface area contributed by atoms with Gasteiger partial charge >= 0.3 is 0 Å². The molecule has 27 heavy (non-hydrogen) atoms. The van der Waals surface area contributed by atoms with Gasteiger partial charge in [-0.15, -0.1) is 0 Å². The van der Waals surface area contributed by atoms with Gasteiger partial charge in [-0.3, -0.25) is 9.59 Å². The number of carbonyl (C=O) groups excluding carboxylic acids is 2. The van der Waals surface area contributed by atoms with Crippen LogP contribution in [0.3, 0.4) is 0 Å².